The summed E-state index contributed by atoms with van der Waals surface area (Å²) in [4.78, 5) is 20.9. The Hall–Kier alpha value is -1.10. The Kier molecular flexibility index (Phi) is 8.76. The molecule has 0 atom stereocenters. The minimum atomic E-state index is -1.24. The summed E-state index contributed by atoms with van der Waals surface area (Å²) in [5, 5.41) is 10.0. The Morgan fingerprint density at radius 1 is 1.13 bits per heavy atom. The maximum Gasteiger partial charge on any atom is 0.306 e. The van der Waals surface area contributed by atoms with Gasteiger partial charge in [-0.2, -0.15) is 0 Å². The van der Waals surface area contributed by atoms with Crippen molar-refractivity contribution in [2.75, 3.05) is 19.8 Å². The molecule has 0 amide bonds. The molecular weight excluding hydrogens is 200 g/mol. The highest BCUT2D eigenvalue weighted by Gasteiger charge is 2.02. The van der Waals surface area contributed by atoms with E-state index < -0.39 is 11.9 Å². The van der Waals surface area contributed by atoms with Gasteiger partial charge in [0.2, 0.25) is 0 Å². The SMILES string of the molecule is CCCCOCCOC(=O)CCC(=O)[O-]. The quantitative estimate of drug-likeness (QED) is 0.397. The van der Waals surface area contributed by atoms with Crippen LogP contribution >= 0.6 is 0 Å². The molecule has 0 aliphatic rings. The molecule has 0 rings (SSSR count). The van der Waals surface area contributed by atoms with E-state index in [-0.39, 0.29) is 19.4 Å². The van der Waals surface area contributed by atoms with Gasteiger partial charge in [0.15, 0.2) is 0 Å². The lowest BCUT2D eigenvalue weighted by Crippen LogP contribution is -2.23. The number of rotatable bonds is 9. The molecule has 15 heavy (non-hydrogen) atoms. The van der Waals surface area contributed by atoms with Crippen LogP contribution in [0.1, 0.15) is 32.6 Å². The standard InChI is InChI=1S/C10H18O5/c1-2-3-6-14-7-8-15-10(13)5-4-9(11)12/h2-8H2,1H3,(H,11,12)/p-1. The third-order valence-electron chi connectivity index (χ3n) is 1.67. The highest BCUT2D eigenvalue weighted by Crippen LogP contribution is 1.92. The number of aliphatic carboxylic acids is 1. The molecule has 0 aliphatic carbocycles. The first-order chi connectivity index (χ1) is 7.16. The lowest BCUT2D eigenvalue weighted by atomic mass is 10.3. The first-order valence-electron chi connectivity index (χ1n) is 5.10. The van der Waals surface area contributed by atoms with E-state index in [9.17, 15) is 14.7 Å². The van der Waals surface area contributed by atoms with E-state index in [0.29, 0.717) is 13.2 Å². The van der Waals surface area contributed by atoms with Crippen molar-refractivity contribution in [2.45, 2.75) is 32.6 Å². The van der Waals surface area contributed by atoms with Gasteiger partial charge in [0, 0.05) is 12.6 Å². The minimum Gasteiger partial charge on any atom is -0.550 e. The van der Waals surface area contributed by atoms with Gasteiger partial charge in [0.1, 0.15) is 6.61 Å². The second-order valence-corrected chi connectivity index (χ2v) is 3.06. The van der Waals surface area contributed by atoms with Crippen LogP contribution in [0.25, 0.3) is 0 Å². The highest BCUT2D eigenvalue weighted by atomic mass is 16.6. The topological polar surface area (TPSA) is 75.7 Å². The molecule has 0 unspecified atom stereocenters. The fraction of sp³-hybridized carbons (Fsp3) is 0.800. The maximum atomic E-state index is 10.9. The summed E-state index contributed by atoms with van der Waals surface area (Å²) in [6, 6.07) is 0. The van der Waals surface area contributed by atoms with Crippen LogP contribution in [0.15, 0.2) is 0 Å². The molecule has 0 aromatic rings. The van der Waals surface area contributed by atoms with Gasteiger partial charge in [0.25, 0.3) is 0 Å². The van der Waals surface area contributed by atoms with Crippen molar-refractivity contribution >= 4 is 11.9 Å². The number of carbonyl (C=O) groups excluding carboxylic acids is 2. The Balaban J connectivity index is 3.20. The molecular formula is C10H17O5-. The highest BCUT2D eigenvalue weighted by molar-refractivity contribution is 5.75. The van der Waals surface area contributed by atoms with Crippen LogP contribution in [0.3, 0.4) is 0 Å². The van der Waals surface area contributed by atoms with Gasteiger partial charge in [-0.05, 0) is 12.8 Å². The monoisotopic (exact) mass is 217 g/mol. The van der Waals surface area contributed by atoms with Crippen LogP contribution < -0.4 is 5.11 Å². The number of hydrogen-bond acceptors (Lipinski definition) is 5. The Labute approximate surface area is 89.4 Å². The molecule has 0 heterocycles. The molecule has 0 saturated carbocycles. The fourth-order valence-corrected chi connectivity index (χ4v) is 0.839. The Bertz CT molecular complexity index is 190. The molecule has 0 spiro atoms. The summed E-state index contributed by atoms with van der Waals surface area (Å²) in [5.41, 5.74) is 0. The molecule has 88 valence electrons. The molecule has 0 N–H and O–H groups in total. The molecule has 0 fully saturated rings. The third-order valence-corrected chi connectivity index (χ3v) is 1.67. The van der Waals surface area contributed by atoms with Crippen molar-refractivity contribution in [3.8, 4) is 0 Å². The molecule has 5 heteroatoms. The zero-order valence-corrected chi connectivity index (χ0v) is 8.99. The van der Waals surface area contributed by atoms with Crippen molar-refractivity contribution in [2.24, 2.45) is 0 Å². The van der Waals surface area contributed by atoms with Crippen LogP contribution in [-0.2, 0) is 19.1 Å². The van der Waals surface area contributed by atoms with Crippen molar-refractivity contribution in [1.29, 1.82) is 0 Å². The summed E-state index contributed by atoms with van der Waals surface area (Å²) < 4.78 is 9.86. The van der Waals surface area contributed by atoms with Gasteiger partial charge in [-0.1, -0.05) is 13.3 Å². The van der Waals surface area contributed by atoms with E-state index in [1.54, 1.807) is 0 Å². The lowest BCUT2D eigenvalue weighted by molar-refractivity contribution is -0.305. The van der Waals surface area contributed by atoms with E-state index in [0.717, 1.165) is 12.8 Å². The van der Waals surface area contributed by atoms with Crippen molar-refractivity contribution in [3.05, 3.63) is 0 Å². The Morgan fingerprint density at radius 2 is 1.87 bits per heavy atom. The summed E-state index contributed by atoms with van der Waals surface area (Å²) in [5.74, 6) is -1.77. The largest absolute Gasteiger partial charge is 0.550 e. The van der Waals surface area contributed by atoms with Gasteiger partial charge in [-0.25, -0.2) is 0 Å². The summed E-state index contributed by atoms with van der Waals surface area (Å²) >= 11 is 0. The number of carbonyl (C=O) groups is 2. The molecule has 5 nitrogen and oxygen atoms in total. The molecule has 0 bridgehead atoms. The van der Waals surface area contributed by atoms with Gasteiger partial charge in [-0.15, -0.1) is 0 Å². The predicted octanol–water partition coefficient (Wildman–Crippen LogP) is -0.124. The van der Waals surface area contributed by atoms with E-state index in [1.807, 2.05) is 0 Å². The van der Waals surface area contributed by atoms with Crippen LogP contribution in [0.5, 0.6) is 0 Å². The summed E-state index contributed by atoms with van der Waals surface area (Å²) in [7, 11) is 0. The number of carboxylic acids is 1. The van der Waals surface area contributed by atoms with Gasteiger partial charge < -0.3 is 19.4 Å². The third kappa shape index (κ3) is 10.8. The molecule has 0 aromatic heterocycles. The first kappa shape index (κ1) is 13.9. The lowest BCUT2D eigenvalue weighted by Gasteiger charge is -2.05. The van der Waals surface area contributed by atoms with Crippen molar-refractivity contribution in [3.63, 3.8) is 0 Å². The number of unbranched alkanes of at least 4 members (excludes halogenated alkanes) is 1. The average Bonchev–Trinajstić information content (AvgIpc) is 2.20. The van der Waals surface area contributed by atoms with E-state index in [4.69, 9.17) is 9.47 Å². The van der Waals surface area contributed by atoms with Crippen molar-refractivity contribution < 1.29 is 24.2 Å². The number of carboxylic acid groups (broad SMARTS) is 1. The van der Waals surface area contributed by atoms with Gasteiger partial charge in [0.05, 0.1) is 13.0 Å². The summed E-state index contributed by atoms with van der Waals surface area (Å²) in [6.07, 6.45) is 1.61. The molecule has 0 aliphatic heterocycles. The molecule has 0 saturated heterocycles. The van der Waals surface area contributed by atoms with E-state index in [2.05, 4.69) is 6.92 Å². The normalized spacial score (nSPS) is 9.93. The second kappa shape index (κ2) is 9.45. The average molecular weight is 217 g/mol. The number of ether oxygens (including phenoxy) is 2. The Morgan fingerprint density at radius 3 is 2.47 bits per heavy atom. The van der Waals surface area contributed by atoms with E-state index >= 15 is 0 Å². The predicted molar refractivity (Wildman–Crippen MR) is 50.9 cm³/mol. The van der Waals surface area contributed by atoms with E-state index in [1.165, 1.54) is 0 Å². The van der Waals surface area contributed by atoms with Crippen LogP contribution in [0.2, 0.25) is 0 Å². The van der Waals surface area contributed by atoms with Crippen molar-refractivity contribution in [1.82, 2.24) is 0 Å². The number of hydrogen-bond donors (Lipinski definition) is 0. The van der Waals surface area contributed by atoms with Crippen LogP contribution in [0, 0.1) is 0 Å². The molecule has 0 aromatic carbocycles. The molecule has 0 radical (unpaired) electrons. The number of esters is 1. The second-order valence-electron chi connectivity index (χ2n) is 3.06. The van der Waals surface area contributed by atoms with Crippen LogP contribution in [-0.4, -0.2) is 31.8 Å². The zero-order chi connectivity index (χ0) is 11.5. The van der Waals surface area contributed by atoms with Crippen LogP contribution in [0.4, 0.5) is 0 Å². The summed E-state index contributed by atoms with van der Waals surface area (Å²) in [6.45, 7) is 3.25. The minimum absolute atomic E-state index is 0.142. The zero-order valence-electron chi connectivity index (χ0n) is 8.99. The first-order valence-corrected chi connectivity index (χ1v) is 5.10. The maximum absolute atomic E-state index is 10.9. The fourth-order valence-electron chi connectivity index (χ4n) is 0.839. The van der Waals surface area contributed by atoms with Gasteiger partial charge in [-0.3, -0.25) is 4.79 Å². The van der Waals surface area contributed by atoms with Gasteiger partial charge >= 0.3 is 5.97 Å². The smallest absolute Gasteiger partial charge is 0.306 e.